The Hall–Kier alpha value is -4.19. The van der Waals surface area contributed by atoms with Gasteiger partial charge in [0.1, 0.15) is 41.4 Å². The van der Waals surface area contributed by atoms with Crippen molar-refractivity contribution < 1.29 is 42.9 Å². The van der Waals surface area contributed by atoms with Gasteiger partial charge in [-0.1, -0.05) is 34.6 Å². The zero-order valence-corrected chi connectivity index (χ0v) is 29.1. The lowest BCUT2D eigenvalue weighted by molar-refractivity contribution is -0.197. The van der Waals surface area contributed by atoms with Crippen molar-refractivity contribution in [2.24, 2.45) is 17.3 Å². The van der Waals surface area contributed by atoms with Crippen LogP contribution in [0.3, 0.4) is 0 Å². The van der Waals surface area contributed by atoms with Gasteiger partial charge in [-0.3, -0.25) is 19.2 Å². The topological polar surface area (TPSA) is 134 Å². The number of benzene rings is 2. The van der Waals surface area contributed by atoms with Crippen LogP contribution in [0, 0.1) is 17.3 Å². The molecule has 2 aromatic rings. The number of hydrogen-bond acceptors (Lipinski definition) is 9. The molecular weight excluding hydrogens is 594 g/mol. The summed E-state index contributed by atoms with van der Waals surface area (Å²) in [6.07, 6.45) is 0.243. The van der Waals surface area contributed by atoms with Crippen molar-refractivity contribution in [2.45, 2.75) is 66.7 Å². The van der Waals surface area contributed by atoms with E-state index in [2.05, 4.69) is 10.6 Å². The standard InChI is InChI=1S/C34H51N3O9/c1-21(2)14-23(32(39)36-31(33(40)35-6)34(3,4)5)15-30(38)37(46-20-22-12-13-24(41-7)16-27(22)43-9)19-26-28(44-10)17-25(42-8)18-29(26)45-11/h12-13,16-18,21,23,31H,14-15,19-20H2,1-11H3,(H,35,40)(H,36,39)/t23-,31-/m1/s1. The van der Waals surface area contributed by atoms with E-state index >= 15 is 0 Å². The maximum absolute atomic E-state index is 14.1. The van der Waals surface area contributed by atoms with Gasteiger partial charge in [-0.25, -0.2) is 5.06 Å². The number of nitrogens with one attached hydrogen (secondary N) is 2. The number of carbonyl (C=O) groups is 3. The van der Waals surface area contributed by atoms with Crippen molar-refractivity contribution in [2.75, 3.05) is 42.6 Å². The van der Waals surface area contributed by atoms with Crippen LogP contribution in [0.5, 0.6) is 28.7 Å². The van der Waals surface area contributed by atoms with Gasteiger partial charge in [0, 0.05) is 43.1 Å². The summed E-state index contributed by atoms with van der Waals surface area (Å²) in [5.74, 6) is 0.705. The molecule has 0 aromatic heterocycles. The highest BCUT2D eigenvalue weighted by Crippen LogP contribution is 2.36. The zero-order valence-electron chi connectivity index (χ0n) is 29.1. The largest absolute Gasteiger partial charge is 0.497 e. The van der Waals surface area contributed by atoms with Crippen LogP contribution in [0.2, 0.25) is 0 Å². The van der Waals surface area contributed by atoms with Crippen molar-refractivity contribution in [1.82, 2.24) is 15.7 Å². The van der Waals surface area contributed by atoms with Crippen LogP contribution >= 0.6 is 0 Å². The summed E-state index contributed by atoms with van der Waals surface area (Å²) in [4.78, 5) is 46.6. The fourth-order valence-corrected chi connectivity index (χ4v) is 4.95. The molecule has 256 valence electrons. The second kappa shape index (κ2) is 17.5. The van der Waals surface area contributed by atoms with E-state index in [0.29, 0.717) is 46.3 Å². The van der Waals surface area contributed by atoms with Crippen LogP contribution in [0.4, 0.5) is 0 Å². The van der Waals surface area contributed by atoms with Crippen molar-refractivity contribution in [1.29, 1.82) is 0 Å². The highest BCUT2D eigenvalue weighted by Gasteiger charge is 2.35. The highest BCUT2D eigenvalue weighted by molar-refractivity contribution is 5.91. The second-order valence-electron chi connectivity index (χ2n) is 12.3. The third kappa shape index (κ3) is 10.4. The first-order chi connectivity index (χ1) is 21.7. The van der Waals surface area contributed by atoms with E-state index in [1.165, 1.54) is 40.6 Å². The fraction of sp³-hybridized carbons (Fsp3) is 0.559. The minimum atomic E-state index is -0.794. The maximum atomic E-state index is 14.1. The first kappa shape index (κ1) is 38.0. The molecule has 12 heteroatoms. The van der Waals surface area contributed by atoms with Gasteiger partial charge in [0.25, 0.3) is 0 Å². The Labute approximate surface area is 272 Å². The van der Waals surface area contributed by atoms with Gasteiger partial charge in [-0.05, 0) is 29.9 Å². The molecule has 3 amide bonds. The lowest BCUT2D eigenvalue weighted by Gasteiger charge is -2.32. The Morgan fingerprint density at radius 2 is 1.37 bits per heavy atom. The van der Waals surface area contributed by atoms with E-state index in [1.54, 1.807) is 37.4 Å². The molecule has 0 aliphatic heterocycles. The predicted molar refractivity (Wildman–Crippen MR) is 174 cm³/mol. The van der Waals surface area contributed by atoms with Gasteiger partial charge in [0.2, 0.25) is 17.7 Å². The number of hydroxylamine groups is 2. The van der Waals surface area contributed by atoms with Gasteiger partial charge in [-0.15, -0.1) is 0 Å². The lowest BCUT2D eigenvalue weighted by atomic mass is 9.85. The molecule has 0 saturated heterocycles. The number of likely N-dealkylation sites (N-methyl/N-ethyl adjacent to an activating group) is 1. The number of methoxy groups -OCH3 is 5. The Morgan fingerprint density at radius 1 is 0.804 bits per heavy atom. The molecule has 12 nitrogen and oxygen atoms in total. The van der Waals surface area contributed by atoms with Crippen LogP contribution in [-0.2, 0) is 32.4 Å². The van der Waals surface area contributed by atoms with Gasteiger partial charge in [0.15, 0.2) is 0 Å². The molecule has 2 N–H and O–H groups in total. The second-order valence-corrected chi connectivity index (χ2v) is 12.3. The SMILES string of the molecule is CNC(=O)[C@@H](NC(=O)[C@@H](CC(=O)N(Cc1c(OC)cc(OC)cc1OC)OCc1ccc(OC)cc1OC)CC(C)C)C(C)(C)C. The van der Waals surface area contributed by atoms with Crippen molar-refractivity contribution >= 4 is 17.7 Å². The van der Waals surface area contributed by atoms with Crippen molar-refractivity contribution in [3.8, 4) is 28.7 Å². The minimum absolute atomic E-state index is 0.0243. The van der Waals surface area contributed by atoms with Crippen LogP contribution < -0.4 is 34.3 Å². The van der Waals surface area contributed by atoms with Crippen molar-refractivity contribution in [3.63, 3.8) is 0 Å². The third-order valence-corrected chi connectivity index (χ3v) is 7.48. The average Bonchev–Trinajstić information content (AvgIpc) is 3.03. The van der Waals surface area contributed by atoms with Crippen molar-refractivity contribution in [3.05, 3.63) is 41.5 Å². The van der Waals surface area contributed by atoms with Crippen LogP contribution in [-0.4, -0.2) is 71.4 Å². The molecule has 0 saturated carbocycles. The van der Waals surface area contributed by atoms with Crippen LogP contribution in [0.1, 0.15) is 58.6 Å². The molecule has 46 heavy (non-hydrogen) atoms. The van der Waals surface area contributed by atoms with E-state index < -0.39 is 23.3 Å². The van der Waals surface area contributed by atoms with E-state index in [9.17, 15) is 14.4 Å². The molecule has 0 aliphatic carbocycles. The summed E-state index contributed by atoms with van der Waals surface area (Å²) in [6, 6.07) is 7.86. The molecule has 0 fully saturated rings. The maximum Gasteiger partial charge on any atom is 0.247 e. The average molecular weight is 646 g/mol. The van der Waals surface area contributed by atoms with Gasteiger partial charge in [-0.2, -0.15) is 0 Å². The molecule has 0 unspecified atom stereocenters. The first-order valence-electron chi connectivity index (χ1n) is 15.2. The predicted octanol–water partition coefficient (Wildman–Crippen LogP) is 4.52. The molecule has 2 atom stereocenters. The summed E-state index contributed by atoms with van der Waals surface area (Å²) in [6.45, 7) is 9.47. The molecule has 0 spiro atoms. The molecular formula is C34H51N3O9. The normalized spacial score (nSPS) is 12.5. The molecule has 0 bridgehead atoms. The van der Waals surface area contributed by atoms with E-state index in [1.807, 2.05) is 34.6 Å². The Balaban J connectivity index is 2.50. The highest BCUT2D eigenvalue weighted by atomic mass is 16.7. The number of amides is 3. The van der Waals surface area contributed by atoms with E-state index in [4.69, 9.17) is 28.5 Å². The lowest BCUT2D eigenvalue weighted by Crippen LogP contribution is -2.54. The number of rotatable bonds is 17. The van der Waals surface area contributed by atoms with Gasteiger partial charge in [0.05, 0.1) is 47.7 Å². The fourth-order valence-electron chi connectivity index (χ4n) is 4.95. The van der Waals surface area contributed by atoms with Crippen LogP contribution in [0.15, 0.2) is 30.3 Å². The molecule has 0 radical (unpaired) electrons. The first-order valence-corrected chi connectivity index (χ1v) is 15.2. The summed E-state index contributed by atoms with van der Waals surface area (Å²) < 4.78 is 27.5. The smallest absolute Gasteiger partial charge is 0.247 e. The minimum Gasteiger partial charge on any atom is -0.497 e. The van der Waals surface area contributed by atoms with E-state index in [-0.39, 0.29) is 37.3 Å². The van der Waals surface area contributed by atoms with Gasteiger partial charge >= 0.3 is 0 Å². The number of carbonyl (C=O) groups excluding carboxylic acids is 3. The van der Waals surface area contributed by atoms with E-state index in [0.717, 1.165) is 0 Å². The Morgan fingerprint density at radius 3 is 1.85 bits per heavy atom. The number of hydrogen-bond donors (Lipinski definition) is 2. The van der Waals surface area contributed by atoms with Gasteiger partial charge < -0.3 is 34.3 Å². The Bertz CT molecular complexity index is 1300. The molecule has 2 rings (SSSR count). The monoisotopic (exact) mass is 645 g/mol. The zero-order chi connectivity index (χ0) is 34.6. The molecule has 2 aromatic carbocycles. The van der Waals surface area contributed by atoms with Crippen LogP contribution in [0.25, 0.3) is 0 Å². The summed E-state index contributed by atoms with van der Waals surface area (Å²) in [5, 5.41) is 6.72. The summed E-state index contributed by atoms with van der Waals surface area (Å²) >= 11 is 0. The Kier molecular flexibility index (Phi) is 14.4. The number of nitrogens with zero attached hydrogens (tertiary/aromatic N) is 1. The quantitative estimate of drug-likeness (QED) is 0.238. The number of ether oxygens (including phenoxy) is 5. The summed E-state index contributed by atoms with van der Waals surface area (Å²) in [7, 11) is 9.17. The molecule has 0 aliphatic rings. The summed E-state index contributed by atoms with van der Waals surface area (Å²) in [5.41, 5.74) is 0.652. The molecule has 0 heterocycles. The third-order valence-electron chi connectivity index (χ3n) is 7.48.